The lowest BCUT2D eigenvalue weighted by Crippen LogP contribution is -2.31. The van der Waals surface area contributed by atoms with Crippen molar-refractivity contribution in [3.05, 3.63) is 107 Å². The summed E-state index contributed by atoms with van der Waals surface area (Å²) < 4.78 is 28.6. The number of nitrogens with zero attached hydrogens (tertiary/aromatic N) is 1. The van der Waals surface area contributed by atoms with E-state index < -0.39 is 15.1 Å². The van der Waals surface area contributed by atoms with Gasteiger partial charge in [-0.05, 0) is 65.4 Å². The molecule has 1 atom stereocenters. The van der Waals surface area contributed by atoms with Crippen LogP contribution >= 0.6 is 11.3 Å². The van der Waals surface area contributed by atoms with Crippen LogP contribution in [0.3, 0.4) is 0 Å². The molecule has 0 aliphatic carbocycles. The van der Waals surface area contributed by atoms with Gasteiger partial charge in [0.05, 0.1) is 10.1 Å². The molecule has 1 aliphatic heterocycles. The fourth-order valence-corrected chi connectivity index (χ4v) is 7.51. The fraction of sp³-hybridized carbons (Fsp3) is 0.241. The fourth-order valence-electron chi connectivity index (χ4n) is 4.75. The topological polar surface area (TPSA) is 37.4 Å². The molecule has 4 aromatic rings. The maximum Gasteiger partial charge on any atom is 0.185 e. The van der Waals surface area contributed by atoms with Crippen LogP contribution < -0.4 is 0 Å². The van der Waals surface area contributed by atoms with E-state index in [0.29, 0.717) is 11.3 Å². The Hall–Kier alpha value is -2.73. The molecule has 34 heavy (non-hydrogen) atoms. The molecule has 0 amide bonds. The van der Waals surface area contributed by atoms with E-state index >= 15 is 0 Å². The van der Waals surface area contributed by atoms with Crippen LogP contribution in [0.15, 0.2) is 95.2 Å². The van der Waals surface area contributed by atoms with E-state index in [4.69, 9.17) is 0 Å². The summed E-state index contributed by atoms with van der Waals surface area (Å²) in [7, 11) is -3.48. The molecule has 3 aromatic carbocycles. The van der Waals surface area contributed by atoms with E-state index in [1.165, 1.54) is 21.2 Å². The Labute approximate surface area is 206 Å². The summed E-state index contributed by atoms with van der Waals surface area (Å²) in [5.74, 6) is 0. The van der Waals surface area contributed by atoms with E-state index in [-0.39, 0.29) is 0 Å². The van der Waals surface area contributed by atoms with Crippen molar-refractivity contribution >= 4 is 36.8 Å². The van der Waals surface area contributed by atoms with Gasteiger partial charge in [0.15, 0.2) is 9.84 Å². The van der Waals surface area contributed by atoms with E-state index in [1.54, 1.807) is 23.5 Å². The second-order valence-electron chi connectivity index (χ2n) is 8.97. The lowest BCUT2D eigenvalue weighted by molar-refractivity contribution is 0.296. The minimum Gasteiger partial charge on any atom is -0.299 e. The standard InChI is InChI=1S/C29H29NO2S2/c1-22-11-13-25(14-12-22)34(31,32)29(24-7-3-2-4-8-24)17-20-30-18-15-23(16-19-30)27-21-33-28-10-6-5-9-26(27)28/h2-15,21,29H,16-20H2,1H3. The number of rotatable bonds is 7. The van der Waals surface area contributed by atoms with Gasteiger partial charge < -0.3 is 0 Å². The third kappa shape index (κ3) is 4.74. The molecule has 174 valence electrons. The van der Waals surface area contributed by atoms with Gasteiger partial charge >= 0.3 is 0 Å². The predicted octanol–water partition coefficient (Wildman–Crippen LogP) is 6.90. The average molecular weight is 488 g/mol. The third-order valence-corrected chi connectivity index (χ3v) is 9.87. The van der Waals surface area contributed by atoms with Crippen molar-refractivity contribution in [3.8, 4) is 0 Å². The monoisotopic (exact) mass is 487 g/mol. The highest BCUT2D eigenvalue weighted by Crippen LogP contribution is 2.35. The maximum atomic E-state index is 13.6. The molecule has 2 heterocycles. The minimum absolute atomic E-state index is 0.400. The van der Waals surface area contributed by atoms with Crippen molar-refractivity contribution in [2.45, 2.75) is 29.9 Å². The van der Waals surface area contributed by atoms with Crippen LogP contribution in [0.25, 0.3) is 15.7 Å². The molecule has 0 N–H and O–H groups in total. The van der Waals surface area contributed by atoms with Crippen molar-refractivity contribution in [2.24, 2.45) is 0 Å². The van der Waals surface area contributed by atoms with Gasteiger partial charge in [-0.3, -0.25) is 4.90 Å². The summed E-state index contributed by atoms with van der Waals surface area (Å²) in [6, 6.07) is 25.5. The first-order chi connectivity index (χ1) is 16.5. The smallest absolute Gasteiger partial charge is 0.185 e. The van der Waals surface area contributed by atoms with Crippen LogP contribution in [-0.4, -0.2) is 33.0 Å². The molecule has 0 bridgehead atoms. The van der Waals surface area contributed by atoms with E-state index in [0.717, 1.165) is 37.2 Å². The first-order valence-corrected chi connectivity index (χ1v) is 14.2. The quantitative estimate of drug-likeness (QED) is 0.284. The normalized spacial score (nSPS) is 15.9. The summed E-state index contributed by atoms with van der Waals surface area (Å²) in [5, 5.41) is 3.05. The third-order valence-electron chi connectivity index (χ3n) is 6.72. The molecule has 0 fully saturated rings. The number of hydrogen-bond donors (Lipinski definition) is 0. The van der Waals surface area contributed by atoms with Gasteiger partial charge in [-0.2, -0.15) is 0 Å². The number of aryl methyl sites for hydroxylation is 1. The van der Waals surface area contributed by atoms with Crippen molar-refractivity contribution < 1.29 is 8.42 Å². The van der Waals surface area contributed by atoms with Gasteiger partial charge in [-0.25, -0.2) is 8.42 Å². The van der Waals surface area contributed by atoms with Crippen LogP contribution in [0, 0.1) is 6.92 Å². The molecule has 1 unspecified atom stereocenters. The first kappa shape index (κ1) is 23.0. The zero-order valence-corrected chi connectivity index (χ0v) is 21.0. The molecular formula is C29H29NO2S2. The molecule has 5 rings (SSSR count). The lowest BCUT2D eigenvalue weighted by atomic mass is 9.98. The summed E-state index contributed by atoms with van der Waals surface area (Å²) >= 11 is 1.80. The van der Waals surface area contributed by atoms with Crippen molar-refractivity contribution in [1.29, 1.82) is 0 Å². The molecule has 0 saturated carbocycles. The van der Waals surface area contributed by atoms with E-state index in [2.05, 4.69) is 40.6 Å². The molecular weight excluding hydrogens is 458 g/mol. The number of hydrogen-bond acceptors (Lipinski definition) is 4. The Balaban J connectivity index is 1.33. The maximum absolute atomic E-state index is 13.6. The summed E-state index contributed by atoms with van der Waals surface area (Å²) in [6.45, 7) is 4.52. The second kappa shape index (κ2) is 9.87. The number of thiophene rings is 1. The van der Waals surface area contributed by atoms with Crippen LogP contribution in [-0.2, 0) is 9.84 Å². The molecule has 5 heteroatoms. The van der Waals surface area contributed by atoms with Gasteiger partial charge in [-0.15, -0.1) is 11.3 Å². The number of benzene rings is 3. The summed E-state index contributed by atoms with van der Waals surface area (Å²) in [5.41, 5.74) is 4.68. The Morgan fingerprint density at radius 2 is 1.68 bits per heavy atom. The Morgan fingerprint density at radius 3 is 2.41 bits per heavy atom. The minimum atomic E-state index is -3.48. The van der Waals surface area contributed by atoms with Gasteiger partial charge in [-0.1, -0.05) is 72.3 Å². The highest BCUT2D eigenvalue weighted by Gasteiger charge is 2.29. The number of fused-ring (bicyclic) bond motifs is 1. The average Bonchev–Trinajstić information content (AvgIpc) is 3.30. The molecule has 0 spiro atoms. The SMILES string of the molecule is Cc1ccc(S(=O)(=O)C(CCN2CC=C(c3csc4ccccc34)CC2)c2ccccc2)cc1. The Kier molecular flexibility index (Phi) is 6.68. The second-order valence-corrected chi connectivity index (χ2v) is 12.0. The van der Waals surface area contributed by atoms with Crippen molar-refractivity contribution in [3.63, 3.8) is 0 Å². The van der Waals surface area contributed by atoms with Gasteiger partial charge in [0.25, 0.3) is 0 Å². The molecule has 1 aromatic heterocycles. The molecule has 0 radical (unpaired) electrons. The molecule has 0 saturated heterocycles. The van der Waals surface area contributed by atoms with Crippen LogP contribution in [0.4, 0.5) is 0 Å². The summed E-state index contributed by atoms with van der Waals surface area (Å²) in [6.07, 6.45) is 3.89. The lowest BCUT2D eigenvalue weighted by Gasteiger charge is -2.28. The predicted molar refractivity (Wildman–Crippen MR) is 143 cm³/mol. The highest BCUT2D eigenvalue weighted by atomic mass is 32.2. The Morgan fingerprint density at radius 1 is 0.941 bits per heavy atom. The van der Waals surface area contributed by atoms with E-state index in [1.807, 2.05) is 49.4 Å². The molecule has 3 nitrogen and oxygen atoms in total. The molecule has 1 aliphatic rings. The van der Waals surface area contributed by atoms with Crippen LogP contribution in [0.2, 0.25) is 0 Å². The first-order valence-electron chi connectivity index (χ1n) is 11.8. The van der Waals surface area contributed by atoms with Crippen LogP contribution in [0.5, 0.6) is 0 Å². The zero-order valence-electron chi connectivity index (χ0n) is 19.4. The van der Waals surface area contributed by atoms with Gasteiger partial charge in [0.1, 0.15) is 0 Å². The Bertz CT molecular complexity index is 1400. The van der Waals surface area contributed by atoms with Crippen LogP contribution in [0.1, 0.15) is 34.8 Å². The van der Waals surface area contributed by atoms with Gasteiger partial charge in [0.2, 0.25) is 0 Å². The van der Waals surface area contributed by atoms with Gasteiger partial charge in [0, 0.05) is 24.3 Å². The number of sulfone groups is 1. The van der Waals surface area contributed by atoms with Crippen molar-refractivity contribution in [1.82, 2.24) is 4.90 Å². The zero-order chi connectivity index (χ0) is 23.5. The largest absolute Gasteiger partial charge is 0.299 e. The summed E-state index contributed by atoms with van der Waals surface area (Å²) in [4.78, 5) is 2.77. The van der Waals surface area contributed by atoms with Crippen molar-refractivity contribution in [2.75, 3.05) is 19.6 Å². The van der Waals surface area contributed by atoms with E-state index in [9.17, 15) is 8.42 Å². The highest BCUT2D eigenvalue weighted by molar-refractivity contribution is 7.91.